The molecule has 4 heteroatoms. The maximum atomic E-state index is 12.4. The average Bonchev–Trinajstić information content (AvgIpc) is 2.39. The van der Waals surface area contributed by atoms with Crippen LogP contribution in [0, 0.1) is 5.21 Å². The quantitative estimate of drug-likeness (QED) is 0.469. The Bertz CT molecular complexity index is 565. The minimum Gasteiger partial charge on any atom is -0.619 e. The molecule has 0 amide bonds. The second kappa shape index (κ2) is 4.56. The summed E-state index contributed by atoms with van der Waals surface area (Å²) in [5, 5.41) is 11.3. The summed E-state index contributed by atoms with van der Waals surface area (Å²) in [5.41, 5.74) is 0.480. The van der Waals surface area contributed by atoms with E-state index in [2.05, 4.69) is 4.98 Å². The second-order valence-corrected chi connectivity index (χ2v) is 4.65. The van der Waals surface area contributed by atoms with Crippen LogP contribution in [0.4, 0.5) is 0 Å². The van der Waals surface area contributed by atoms with E-state index in [4.69, 9.17) is 0 Å². The Morgan fingerprint density at radius 3 is 2.72 bits per heavy atom. The zero-order chi connectivity index (χ0) is 13.2. The van der Waals surface area contributed by atoms with Crippen molar-refractivity contribution in [2.45, 2.75) is 19.3 Å². The van der Waals surface area contributed by atoms with Gasteiger partial charge in [-0.3, -0.25) is 9.78 Å². The SMILES string of the molecule is CC(C)(C(=O)c1cccnc1)c1ccc[n+]([O-])c1. The molecule has 0 saturated carbocycles. The van der Waals surface area contributed by atoms with Gasteiger partial charge in [-0.1, -0.05) is 0 Å². The Balaban J connectivity index is 2.40. The number of carbonyl (C=O) groups is 1. The van der Waals surface area contributed by atoms with Crippen LogP contribution in [-0.2, 0) is 5.41 Å². The van der Waals surface area contributed by atoms with Gasteiger partial charge in [0.25, 0.3) is 0 Å². The van der Waals surface area contributed by atoms with Crippen LogP contribution in [0.15, 0.2) is 49.1 Å². The Labute approximate surface area is 106 Å². The number of Topliss-reactive ketones (excluding diaryl/α,β-unsaturated/α-hetero) is 1. The smallest absolute Gasteiger partial charge is 0.184 e. The van der Waals surface area contributed by atoms with Gasteiger partial charge in [0.1, 0.15) is 0 Å². The number of pyridine rings is 2. The lowest BCUT2D eigenvalue weighted by Gasteiger charge is -2.22. The first-order chi connectivity index (χ1) is 8.51. The van der Waals surface area contributed by atoms with E-state index in [0.29, 0.717) is 15.9 Å². The minimum absolute atomic E-state index is 0.0539. The Morgan fingerprint density at radius 2 is 2.11 bits per heavy atom. The van der Waals surface area contributed by atoms with Crippen LogP contribution in [0.2, 0.25) is 0 Å². The topological polar surface area (TPSA) is 56.9 Å². The first kappa shape index (κ1) is 12.2. The summed E-state index contributed by atoms with van der Waals surface area (Å²) in [4.78, 5) is 16.4. The van der Waals surface area contributed by atoms with Gasteiger partial charge in [-0.25, -0.2) is 0 Å². The van der Waals surface area contributed by atoms with Gasteiger partial charge >= 0.3 is 0 Å². The number of rotatable bonds is 3. The van der Waals surface area contributed by atoms with Crippen LogP contribution in [-0.4, -0.2) is 10.8 Å². The summed E-state index contributed by atoms with van der Waals surface area (Å²) in [5.74, 6) is -0.0539. The van der Waals surface area contributed by atoms with Crippen molar-refractivity contribution in [1.29, 1.82) is 0 Å². The standard InChI is InChI=1S/C14H14N2O2/c1-14(2,12-6-4-8-16(18)10-12)13(17)11-5-3-7-15-9-11/h3-10H,1-2H3. The van der Waals surface area contributed by atoms with Crippen molar-refractivity contribution in [3.63, 3.8) is 0 Å². The highest BCUT2D eigenvalue weighted by atomic mass is 16.5. The first-order valence-electron chi connectivity index (χ1n) is 5.66. The number of carbonyl (C=O) groups excluding carboxylic acids is 1. The summed E-state index contributed by atoms with van der Waals surface area (Å²) >= 11 is 0. The Hall–Kier alpha value is -2.23. The zero-order valence-corrected chi connectivity index (χ0v) is 10.3. The average molecular weight is 242 g/mol. The molecule has 4 nitrogen and oxygen atoms in total. The molecule has 18 heavy (non-hydrogen) atoms. The molecule has 0 spiro atoms. The number of aromatic nitrogens is 2. The van der Waals surface area contributed by atoms with Gasteiger partial charge in [-0.05, 0) is 32.0 Å². The molecule has 2 aromatic heterocycles. The van der Waals surface area contributed by atoms with Crippen molar-refractivity contribution in [3.8, 4) is 0 Å². The molecule has 0 aliphatic carbocycles. The molecule has 0 unspecified atom stereocenters. The highest BCUT2D eigenvalue weighted by Crippen LogP contribution is 2.26. The number of hydrogen-bond donors (Lipinski definition) is 0. The van der Waals surface area contributed by atoms with Crippen LogP contribution in [0.1, 0.15) is 29.8 Å². The van der Waals surface area contributed by atoms with Crippen molar-refractivity contribution in [2.75, 3.05) is 0 Å². The molecular weight excluding hydrogens is 228 g/mol. The number of ketones is 1. The molecular formula is C14H14N2O2. The van der Waals surface area contributed by atoms with Gasteiger partial charge < -0.3 is 5.21 Å². The fraction of sp³-hybridized carbons (Fsp3) is 0.214. The van der Waals surface area contributed by atoms with Crippen molar-refractivity contribution in [2.24, 2.45) is 0 Å². The lowest BCUT2D eigenvalue weighted by molar-refractivity contribution is -0.606. The molecule has 0 fully saturated rings. The number of nitrogens with zero attached hydrogens (tertiary/aromatic N) is 2. The van der Waals surface area contributed by atoms with Crippen molar-refractivity contribution in [3.05, 3.63) is 65.4 Å². The predicted molar refractivity (Wildman–Crippen MR) is 67.0 cm³/mol. The van der Waals surface area contributed by atoms with Gasteiger partial charge in [-0.15, -0.1) is 0 Å². The van der Waals surface area contributed by atoms with Crippen LogP contribution in [0.25, 0.3) is 0 Å². The molecule has 2 aromatic rings. The van der Waals surface area contributed by atoms with Gasteiger partial charge in [0.15, 0.2) is 18.2 Å². The lowest BCUT2D eigenvalue weighted by Crippen LogP contribution is -2.34. The Kier molecular flexibility index (Phi) is 3.10. The fourth-order valence-corrected chi connectivity index (χ4v) is 1.81. The van der Waals surface area contributed by atoms with Gasteiger partial charge in [0, 0.05) is 29.6 Å². The third-order valence-electron chi connectivity index (χ3n) is 2.99. The summed E-state index contributed by atoms with van der Waals surface area (Å²) in [7, 11) is 0. The van der Waals surface area contributed by atoms with Crippen molar-refractivity contribution in [1.82, 2.24) is 4.98 Å². The first-order valence-corrected chi connectivity index (χ1v) is 5.66. The van der Waals surface area contributed by atoms with E-state index in [9.17, 15) is 10.0 Å². The largest absolute Gasteiger partial charge is 0.619 e. The maximum absolute atomic E-state index is 12.4. The molecule has 0 N–H and O–H groups in total. The third kappa shape index (κ3) is 2.22. The van der Waals surface area contributed by atoms with E-state index in [0.717, 1.165) is 0 Å². The van der Waals surface area contributed by atoms with E-state index >= 15 is 0 Å². The molecule has 0 aliphatic heterocycles. The third-order valence-corrected chi connectivity index (χ3v) is 2.99. The summed E-state index contributed by atoms with van der Waals surface area (Å²) < 4.78 is 0.702. The van der Waals surface area contributed by atoms with Crippen LogP contribution in [0.5, 0.6) is 0 Å². The van der Waals surface area contributed by atoms with Crippen LogP contribution >= 0.6 is 0 Å². The highest BCUT2D eigenvalue weighted by Gasteiger charge is 2.32. The predicted octanol–water partition coefficient (Wildman–Crippen LogP) is 1.88. The fourth-order valence-electron chi connectivity index (χ4n) is 1.81. The second-order valence-electron chi connectivity index (χ2n) is 4.65. The molecule has 0 radical (unpaired) electrons. The normalized spacial score (nSPS) is 11.2. The van der Waals surface area contributed by atoms with Crippen LogP contribution in [0.3, 0.4) is 0 Å². The molecule has 0 bridgehead atoms. The summed E-state index contributed by atoms with van der Waals surface area (Å²) in [6.07, 6.45) is 5.98. The van der Waals surface area contributed by atoms with E-state index in [1.54, 1.807) is 44.3 Å². The Morgan fingerprint density at radius 1 is 1.33 bits per heavy atom. The molecule has 92 valence electrons. The molecule has 0 aliphatic rings. The van der Waals surface area contributed by atoms with E-state index in [-0.39, 0.29) is 5.78 Å². The molecule has 2 rings (SSSR count). The highest BCUT2D eigenvalue weighted by molar-refractivity contribution is 6.03. The molecule has 0 saturated heterocycles. The van der Waals surface area contributed by atoms with Crippen molar-refractivity contribution >= 4 is 5.78 Å². The van der Waals surface area contributed by atoms with Crippen LogP contribution < -0.4 is 4.73 Å². The minimum atomic E-state index is -0.754. The zero-order valence-electron chi connectivity index (χ0n) is 10.3. The van der Waals surface area contributed by atoms with E-state index in [1.165, 1.54) is 18.6 Å². The van der Waals surface area contributed by atoms with Crippen molar-refractivity contribution < 1.29 is 9.52 Å². The van der Waals surface area contributed by atoms with Gasteiger partial charge in [0.2, 0.25) is 0 Å². The molecule has 0 aromatic carbocycles. The lowest BCUT2D eigenvalue weighted by atomic mass is 9.79. The monoisotopic (exact) mass is 242 g/mol. The maximum Gasteiger partial charge on any atom is 0.184 e. The molecule has 0 atom stereocenters. The van der Waals surface area contributed by atoms with Gasteiger partial charge in [-0.2, -0.15) is 4.73 Å². The van der Waals surface area contributed by atoms with E-state index < -0.39 is 5.41 Å². The van der Waals surface area contributed by atoms with E-state index in [1.807, 2.05) is 0 Å². The summed E-state index contributed by atoms with van der Waals surface area (Å²) in [6, 6.07) is 6.87. The number of hydrogen-bond acceptors (Lipinski definition) is 3. The molecule has 2 heterocycles. The summed E-state index contributed by atoms with van der Waals surface area (Å²) in [6.45, 7) is 3.61. The van der Waals surface area contributed by atoms with Gasteiger partial charge in [0.05, 0.1) is 5.41 Å².